The van der Waals surface area contributed by atoms with Crippen LogP contribution in [0.1, 0.15) is 0 Å². The number of benzene rings is 1. The van der Waals surface area contributed by atoms with Crippen molar-refractivity contribution in [2.24, 2.45) is 7.05 Å². The third kappa shape index (κ3) is 1.04. The van der Waals surface area contributed by atoms with Gasteiger partial charge >= 0.3 is 0 Å². The van der Waals surface area contributed by atoms with Crippen LogP contribution in [-0.4, -0.2) is 11.7 Å². The first-order chi connectivity index (χ1) is 6.65. The van der Waals surface area contributed by atoms with Gasteiger partial charge in [-0.15, -0.1) is 0 Å². The van der Waals surface area contributed by atoms with Crippen molar-refractivity contribution in [2.45, 2.75) is 0 Å². The SMILES string of the molecule is COc1c(N)c(F)cc2c1ccn2C. The molecule has 0 amide bonds. The molecular weight excluding hydrogens is 183 g/mol. The van der Waals surface area contributed by atoms with Gasteiger partial charge in [-0.05, 0) is 6.07 Å². The van der Waals surface area contributed by atoms with Crippen LogP contribution < -0.4 is 10.5 Å². The van der Waals surface area contributed by atoms with Gasteiger partial charge in [-0.3, -0.25) is 0 Å². The number of ether oxygens (including phenoxy) is 1. The Morgan fingerprint density at radius 2 is 2.21 bits per heavy atom. The van der Waals surface area contributed by atoms with E-state index in [4.69, 9.17) is 10.5 Å². The number of nitrogens with two attached hydrogens (primary N) is 1. The Labute approximate surface area is 80.9 Å². The van der Waals surface area contributed by atoms with E-state index in [0.717, 1.165) is 10.9 Å². The number of rotatable bonds is 1. The minimum absolute atomic E-state index is 0.0613. The number of fused-ring (bicyclic) bond motifs is 1. The van der Waals surface area contributed by atoms with Gasteiger partial charge in [0.2, 0.25) is 0 Å². The van der Waals surface area contributed by atoms with Crippen molar-refractivity contribution in [1.82, 2.24) is 4.57 Å². The van der Waals surface area contributed by atoms with E-state index in [2.05, 4.69) is 0 Å². The molecule has 0 aliphatic carbocycles. The normalized spacial score (nSPS) is 10.8. The fourth-order valence-electron chi connectivity index (χ4n) is 1.58. The van der Waals surface area contributed by atoms with Crippen molar-refractivity contribution < 1.29 is 9.13 Å². The van der Waals surface area contributed by atoms with Crippen LogP contribution in [-0.2, 0) is 7.05 Å². The highest BCUT2D eigenvalue weighted by atomic mass is 19.1. The van der Waals surface area contributed by atoms with Gasteiger partial charge in [0.15, 0.2) is 11.6 Å². The Morgan fingerprint density at radius 3 is 2.86 bits per heavy atom. The van der Waals surface area contributed by atoms with E-state index in [1.807, 2.05) is 23.9 Å². The molecule has 0 radical (unpaired) electrons. The minimum atomic E-state index is -0.448. The van der Waals surface area contributed by atoms with Crippen LogP contribution in [0.4, 0.5) is 10.1 Å². The number of nitrogen functional groups attached to an aromatic ring is 1. The average Bonchev–Trinajstić information content (AvgIpc) is 2.51. The second-order valence-electron chi connectivity index (χ2n) is 3.16. The number of aryl methyl sites for hydroxylation is 1. The minimum Gasteiger partial charge on any atom is -0.494 e. The molecule has 0 fully saturated rings. The van der Waals surface area contributed by atoms with Crippen LogP contribution in [0.5, 0.6) is 5.75 Å². The zero-order valence-corrected chi connectivity index (χ0v) is 8.04. The van der Waals surface area contributed by atoms with E-state index < -0.39 is 5.82 Å². The molecule has 0 saturated heterocycles. The molecule has 3 nitrogen and oxygen atoms in total. The number of nitrogens with zero attached hydrogens (tertiary/aromatic N) is 1. The smallest absolute Gasteiger partial charge is 0.154 e. The first-order valence-corrected chi connectivity index (χ1v) is 4.22. The van der Waals surface area contributed by atoms with Crippen LogP contribution in [0.15, 0.2) is 18.3 Å². The predicted octanol–water partition coefficient (Wildman–Crippen LogP) is 1.91. The Kier molecular flexibility index (Phi) is 1.84. The molecule has 2 rings (SSSR count). The van der Waals surface area contributed by atoms with E-state index in [9.17, 15) is 4.39 Å². The Morgan fingerprint density at radius 1 is 1.50 bits per heavy atom. The molecule has 74 valence electrons. The lowest BCUT2D eigenvalue weighted by Gasteiger charge is -2.07. The highest BCUT2D eigenvalue weighted by Gasteiger charge is 2.12. The van der Waals surface area contributed by atoms with Gasteiger partial charge in [0.25, 0.3) is 0 Å². The van der Waals surface area contributed by atoms with Crippen LogP contribution >= 0.6 is 0 Å². The standard InChI is InChI=1S/C10H11FN2O/c1-13-4-3-6-8(13)5-7(11)9(12)10(6)14-2/h3-5H,12H2,1-2H3. The molecular formula is C10H11FN2O. The second-order valence-corrected chi connectivity index (χ2v) is 3.16. The number of aromatic nitrogens is 1. The van der Waals surface area contributed by atoms with Crippen LogP contribution in [0.25, 0.3) is 10.9 Å². The fourth-order valence-corrected chi connectivity index (χ4v) is 1.58. The summed E-state index contributed by atoms with van der Waals surface area (Å²) in [6, 6.07) is 3.26. The van der Waals surface area contributed by atoms with Gasteiger partial charge in [0.05, 0.1) is 12.6 Å². The van der Waals surface area contributed by atoms with E-state index in [-0.39, 0.29) is 5.69 Å². The molecule has 0 aliphatic rings. The van der Waals surface area contributed by atoms with Gasteiger partial charge in [0, 0.05) is 24.7 Å². The van der Waals surface area contributed by atoms with Crippen molar-refractivity contribution >= 4 is 16.6 Å². The summed E-state index contributed by atoms with van der Waals surface area (Å²) in [6.07, 6.45) is 1.84. The van der Waals surface area contributed by atoms with Gasteiger partial charge < -0.3 is 15.0 Å². The van der Waals surface area contributed by atoms with Crippen LogP contribution in [0.2, 0.25) is 0 Å². The van der Waals surface area contributed by atoms with Crippen molar-refractivity contribution in [3.05, 3.63) is 24.1 Å². The maximum atomic E-state index is 13.3. The summed E-state index contributed by atoms with van der Waals surface area (Å²) < 4.78 is 20.2. The van der Waals surface area contributed by atoms with Crippen molar-refractivity contribution in [1.29, 1.82) is 0 Å². The van der Waals surface area contributed by atoms with Gasteiger partial charge in [-0.2, -0.15) is 0 Å². The first-order valence-electron chi connectivity index (χ1n) is 4.22. The predicted molar refractivity (Wildman–Crippen MR) is 53.8 cm³/mol. The topological polar surface area (TPSA) is 40.2 Å². The molecule has 2 N–H and O–H groups in total. The van der Waals surface area contributed by atoms with E-state index in [1.54, 1.807) is 0 Å². The van der Waals surface area contributed by atoms with Gasteiger partial charge in [-0.25, -0.2) is 4.39 Å². The molecule has 0 spiro atoms. The lowest BCUT2D eigenvalue weighted by atomic mass is 10.2. The molecule has 0 bridgehead atoms. The van der Waals surface area contributed by atoms with Crippen molar-refractivity contribution in [3.8, 4) is 5.75 Å². The van der Waals surface area contributed by atoms with Gasteiger partial charge in [0.1, 0.15) is 5.69 Å². The Hall–Kier alpha value is -1.71. The monoisotopic (exact) mass is 194 g/mol. The fraction of sp³-hybridized carbons (Fsp3) is 0.200. The summed E-state index contributed by atoms with van der Waals surface area (Å²) in [6.45, 7) is 0. The lowest BCUT2D eigenvalue weighted by Crippen LogP contribution is -1.97. The molecule has 0 atom stereocenters. The highest BCUT2D eigenvalue weighted by molar-refractivity contribution is 5.91. The third-order valence-corrected chi connectivity index (χ3v) is 2.33. The molecule has 1 heterocycles. The maximum Gasteiger partial charge on any atom is 0.154 e. The number of halogens is 1. The number of methoxy groups -OCH3 is 1. The van der Waals surface area contributed by atoms with E-state index >= 15 is 0 Å². The number of anilines is 1. The van der Waals surface area contributed by atoms with E-state index in [0.29, 0.717) is 5.75 Å². The van der Waals surface area contributed by atoms with Crippen LogP contribution in [0.3, 0.4) is 0 Å². The highest BCUT2D eigenvalue weighted by Crippen LogP contribution is 2.34. The third-order valence-electron chi connectivity index (χ3n) is 2.33. The molecule has 0 unspecified atom stereocenters. The van der Waals surface area contributed by atoms with Gasteiger partial charge in [-0.1, -0.05) is 0 Å². The van der Waals surface area contributed by atoms with E-state index in [1.165, 1.54) is 13.2 Å². The molecule has 0 aliphatic heterocycles. The summed E-state index contributed by atoms with van der Waals surface area (Å²) in [5.41, 5.74) is 6.39. The van der Waals surface area contributed by atoms with Crippen LogP contribution in [0, 0.1) is 5.82 Å². The number of hydrogen-bond acceptors (Lipinski definition) is 2. The molecule has 14 heavy (non-hydrogen) atoms. The average molecular weight is 194 g/mol. The zero-order chi connectivity index (χ0) is 10.3. The quantitative estimate of drug-likeness (QED) is 0.704. The molecule has 1 aromatic carbocycles. The summed E-state index contributed by atoms with van der Waals surface area (Å²) >= 11 is 0. The zero-order valence-electron chi connectivity index (χ0n) is 8.04. The maximum absolute atomic E-state index is 13.3. The summed E-state index contributed by atoms with van der Waals surface area (Å²) in [4.78, 5) is 0. The lowest BCUT2D eigenvalue weighted by molar-refractivity contribution is 0.419. The molecule has 1 aromatic heterocycles. The molecule has 2 aromatic rings. The summed E-state index contributed by atoms with van der Waals surface area (Å²) in [7, 11) is 3.33. The largest absolute Gasteiger partial charge is 0.494 e. The summed E-state index contributed by atoms with van der Waals surface area (Å²) in [5, 5.41) is 0.828. The van der Waals surface area contributed by atoms with Crippen molar-refractivity contribution in [2.75, 3.05) is 12.8 Å². The first kappa shape index (κ1) is 8.87. The second kappa shape index (κ2) is 2.90. The Balaban J connectivity index is 2.90. The molecule has 0 saturated carbocycles. The Bertz CT molecular complexity index is 490. The molecule has 4 heteroatoms. The van der Waals surface area contributed by atoms with Crippen molar-refractivity contribution in [3.63, 3.8) is 0 Å². The summed E-state index contributed by atoms with van der Waals surface area (Å²) in [5.74, 6) is -0.0447. The number of hydrogen-bond donors (Lipinski definition) is 1.